The summed E-state index contributed by atoms with van der Waals surface area (Å²) in [5, 5.41) is 2.87. The van der Waals surface area contributed by atoms with E-state index in [0.717, 1.165) is 0 Å². The minimum absolute atomic E-state index is 0.0785. The molecule has 3 N–H and O–H groups in total. The van der Waals surface area contributed by atoms with Crippen molar-refractivity contribution < 1.29 is 40.3 Å². The van der Waals surface area contributed by atoms with Gasteiger partial charge in [-0.05, 0) is 73.6 Å². The van der Waals surface area contributed by atoms with Gasteiger partial charge in [0.05, 0.1) is 29.4 Å². The predicted octanol–water partition coefficient (Wildman–Crippen LogP) is 5.72. The third kappa shape index (κ3) is 5.51. The number of halogens is 7. The van der Waals surface area contributed by atoms with Gasteiger partial charge in [-0.1, -0.05) is 12.1 Å². The van der Waals surface area contributed by atoms with E-state index in [1.165, 1.54) is 19.1 Å². The van der Waals surface area contributed by atoms with Crippen molar-refractivity contribution >= 4 is 5.91 Å². The fourth-order valence-corrected chi connectivity index (χ4v) is 5.31. The van der Waals surface area contributed by atoms with E-state index in [1.54, 1.807) is 12.1 Å². The van der Waals surface area contributed by atoms with Crippen molar-refractivity contribution in [1.29, 1.82) is 0 Å². The summed E-state index contributed by atoms with van der Waals surface area (Å²) in [4.78, 5) is 12.0. The van der Waals surface area contributed by atoms with E-state index in [4.69, 9.17) is 10.5 Å². The van der Waals surface area contributed by atoms with Gasteiger partial charge in [-0.15, -0.1) is 0 Å². The average molecular weight is 518 g/mol. The zero-order valence-electron chi connectivity index (χ0n) is 19.2. The predicted molar refractivity (Wildman–Crippen MR) is 116 cm³/mol. The summed E-state index contributed by atoms with van der Waals surface area (Å²) in [7, 11) is 0. The highest BCUT2D eigenvalue weighted by molar-refractivity contribution is 5.84. The minimum Gasteiger partial charge on any atom is -0.370 e. The van der Waals surface area contributed by atoms with Gasteiger partial charge in [-0.2, -0.15) is 26.3 Å². The highest BCUT2D eigenvalue weighted by Gasteiger charge is 2.46. The first-order valence-corrected chi connectivity index (χ1v) is 11.5. The van der Waals surface area contributed by atoms with Gasteiger partial charge in [-0.3, -0.25) is 4.79 Å². The lowest BCUT2D eigenvalue weighted by atomic mass is 9.82. The summed E-state index contributed by atoms with van der Waals surface area (Å²) >= 11 is 0. The number of rotatable bonds is 5. The molecule has 1 saturated carbocycles. The zero-order chi connectivity index (χ0) is 26.4. The van der Waals surface area contributed by atoms with E-state index in [0.29, 0.717) is 37.0 Å². The first-order chi connectivity index (χ1) is 16.7. The summed E-state index contributed by atoms with van der Waals surface area (Å²) in [5.74, 6) is -1.29. The van der Waals surface area contributed by atoms with Crippen molar-refractivity contribution in [2.45, 2.75) is 68.7 Å². The Morgan fingerprint density at radius 2 is 1.56 bits per heavy atom. The van der Waals surface area contributed by atoms with Crippen molar-refractivity contribution in [3.63, 3.8) is 0 Å². The van der Waals surface area contributed by atoms with Crippen LogP contribution in [0.4, 0.5) is 30.7 Å². The number of ether oxygens (including phenoxy) is 1. The van der Waals surface area contributed by atoms with Gasteiger partial charge >= 0.3 is 12.4 Å². The van der Waals surface area contributed by atoms with E-state index in [2.05, 4.69) is 5.32 Å². The number of hydrogen-bond donors (Lipinski definition) is 2. The number of benzene rings is 2. The Balaban J connectivity index is 1.64. The molecule has 0 aromatic heterocycles. The van der Waals surface area contributed by atoms with E-state index >= 15 is 0 Å². The second-order valence-corrected chi connectivity index (χ2v) is 9.43. The van der Waals surface area contributed by atoms with Crippen LogP contribution in [0.2, 0.25) is 0 Å². The summed E-state index contributed by atoms with van der Waals surface area (Å²) in [6.45, 7) is 1.40. The molecule has 6 atom stereocenters. The number of nitrogens with two attached hydrogens (primary N) is 1. The van der Waals surface area contributed by atoms with Crippen molar-refractivity contribution in [2.24, 2.45) is 11.7 Å². The van der Waals surface area contributed by atoms with Crippen LogP contribution >= 0.6 is 0 Å². The Labute approximate surface area is 203 Å². The number of nitrogens with one attached hydrogen (secondary N) is 1. The molecule has 1 aliphatic carbocycles. The molecule has 0 bridgehead atoms. The number of carbonyl (C=O) groups excluding carboxylic acids is 1. The minimum atomic E-state index is -4.97. The van der Waals surface area contributed by atoms with Gasteiger partial charge < -0.3 is 15.8 Å². The molecule has 4 nitrogen and oxygen atoms in total. The van der Waals surface area contributed by atoms with Crippen LogP contribution in [0.25, 0.3) is 0 Å². The van der Waals surface area contributed by atoms with Gasteiger partial charge in [0.2, 0.25) is 5.91 Å². The standard InChI is InChI=1S/C25H25F7N2O2/c1-12(14-8-15(24(27,28)29)10-16(9-14)25(30,31)32)36-21-7-6-18(20-11-19(33)23(35)34-20)22(21)13-2-4-17(26)5-3-13/h2-5,8-10,12,18-22H,6-7,11,33H2,1H3,(H,34,35)/t12-,18+,19-,20?,21+,22+/m1/s1. The molecule has 2 aromatic rings. The fraction of sp³-hybridized carbons (Fsp3) is 0.480. The van der Waals surface area contributed by atoms with Gasteiger partial charge in [0.25, 0.3) is 0 Å². The van der Waals surface area contributed by atoms with Crippen LogP contribution < -0.4 is 11.1 Å². The lowest BCUT2D eigenvalue weighted by Gasteiger charge is -2.31. The molecule has 2 aromatic carbocycles. The van der Waals surface area contributed by atoms with Crippen LogP contribution in [0.3, 0.4) is 0 Å². The monoisotopic (exact) mass is 518 g/mol. The SMILES string of the molecule is C[C@@H](O[C@H]1CC[C@@H](C2C[C@@H](N)C(=O)N2)[C@@H]1c1ccc(F)cc1)c1cc(C(F)(F)F)cc(C(F)(F)F)c1. The van der Waals surface area contributed by atoms with Crippen molar-refractivity contribution in [3.8, 4) is 0 Å². The molecule has 4 rings (SSSR count). The lowest BCUT2D eigenvalue weighted by Crippen LogP contribution is -2.36. The van der Waals surface area contributed by atoms with E-state index in [9.17, 15) is 35.5 Å². The van der Waals surface area contributed by atoms with Gasteiger partial charge in [0.15, 0.2) is 0 Å². The van der Waals surface area contributed by atoms with Crippen molar-refractivity contribution in [1.82, 2.24) is 5.32 Å². The molecule has 2 aliphatic rings. The van der Waals surface area contributed by atoms with E-state index in [-0.39, 0.29) is 35.4 Å². The molecule has 1 amide bonds. The number of carbonyl (C=O) groups is 1. The number of amides is 1. The summed E-state index contributed by atoms with van der Waals surface area (Å²) in [6.07, 6.45) is -10.2. The third-order valence-electron chi connectivity index (χ3n) is 7.05. The number of alkyl halides is 6. The van der Waals surface area contributed by atoms with Crippen LogP contribution in [0.1, 0.15) is 60.5 Å². The molecule has 2 fully saturated rings. The Kier molecular flexibility index (Phi) is 7.09. The molecule has 1 heterocycles. The maximum Gasteiger partial charge on any atom is 0.416 e. The average Bonchev–Trinajstić information content (AvgIpc) is 3.35. The fourth-order valence-electron chi connectivity index (χ4n) is 5.31. The Bertz CT molecular complexity index is 1070. The van der Waals surface area contributed by atoms with Gasteiger partial charge in [0.1, 0.15) is 5.82 Å². The van der Waals surface area contributed by atoms with Gasteiger partial charge in [-0.25, -0.2) is 4.39 Å². The second-order valence-electron chi connectivity index (χ2n) is 9.43. The molecule has 1 unspecified atom stereocenters. The molecular weight excluding hydrogens is 493 g/mol. The van der Waals surface area contributed by atoms with Crippen LogP contribution in [0.5, 0.6) is 0 Å². The quantitative estimate of drug-likeness (QED) is 0.498. The van der Waals surface area contributed by atoms with Crippen LogP contribution in [-0.2, 0) is 21.9 Å². The third-order valence-corrected chi connectivity index (χ3v) is 7.05. The summed E-state index contributed by atoms with van der Waals surface area (Å²) < 4.78 is 99.6. The van der Waals surface area contributed by atoms with E-state index < -0.39 is 47.5 Å². The van der Waals surface area contributed by atoms with Crippen molar-refractivity contribution in [3.05, 3.63) is 70.5 Å². The van der Waals surface area contributed by atoms with Crippen LogP contribution in [0.15, 0.2) is 42.5 Å². The molecular formula is C25H25F7N2O2. The molecule has 0 radical (unpaired) electrons. The topological polar surface area (TPSA) is 64.3 Å². The van der Waals surface area contributed by atoms with Gasteiger partial charge in [0, 0.05) is 12.0 Å². The molecule has 36 heavy (non-hydrogen) atoms. The second kappa shape index (κ2) is 9.66. The number of hydrogen-bond acceptors (Lipinski definition) is 3. The zero-order valence-corrected chi connectivity index (χ0v) is 19.2. The Hall–Kier alpha value is -2.66. The van der Waals surface area contributed by atoms with E-state index in [1.807, 2.05) is 0 Å². The largest absolute Gasteiger partial charge is 0.416 e. The maximum absolute atomic E-state index is 13.6. The molecule has 196 valence electrons. The van der Waals surface area contributed by atoms with Crippen LogP contribution in [0, 0.1) is 11.7 Å². The summed E-state index contributed by atoms with van der Waals surface area (Å²) in [6, 6.07) is 6.13. The maximum atomic E-state index is 13.6. The normalized spacial score (nSPS) is 27.8. The Morgan fingerprint density at radius 1 is 0.972 bits per heavy atom. The highest BCUT2D eigenvalue weighted by atomic mass is 19.4. The molecule has 11 heteroatoms. The first-order valence-electron chi connectivity index (χ1n) is 11.5. The first kappa shape index (κ1) is 26.4. The Morgan fingerprint density at radius 3 is 2.06 bits per heavy atom. The molecule has 1 aliphatic heterocycles. The van der Waals surface area contributed by atoms with Crippen molar-refractivity contribution in [2.75, 3.05) is 0 Å². The highest BCUT2D eigenvalue weighted by Crippen LogP contribution is 2.47. The molecule has 1 saturated heterocycles. The summed E-state index contributed by atoms with van der Waals surface area (Å²) in [5.41, 5.74) is 3.47. The van der Waals surface area contributed by atoms with Crippen LogP contribution in [-0.4, -0.2) is 24.1 Å². The smallest absolute Gasteiger partial charge is 0.370 e. The molecule has 0 spiro atoms. The lowest BCUT2D eigenvalue weighted by molar-refractivity contribution is -0.143.